The lowest BCUT2D eigenvalue weighted by Crippen LogP contribution is -2.12. The molecule has 0 aromatic heterocycles. The minimum atomic E-state index is -2.05. The highest BCUT2D eigenvalue weighted by atomic mass is 35.5. The molecule has 1 aliphatic heterocycles. The third kappa shape index (κ3) is 1.45. The molecule has 0 N–H and O–H groups in total. The van der Waals surface area contributed by atoms with Gasteiger partial charge in [-0.2, -0.15) is 0 Å². The lowest BCUT2D eigenvalue weighted by molar-refractivity contribution is 0.218. The molecule has 0 aromatic carbocycles. The molecule has 0 atom stereocenters. The first-order valence-electron chi connectivity index (χ1n) is 2.90. The van der Waals surface area contributed by atoms with Crippen molar-refractivity contribution in [3.8, 4) is 0 Å². The number of carbonyl (C=O) groups excluding carboxylic acids is 3. The smallest absolute Gasteiger partial charge is 0.297 e. The SMILES string of the molecule is O=C=C1OC(Cl)(Cl)C(=C=O)C1=C=O. The van der Waals surface area contributed by atoms with Crippen LogP contribution in [-0.2, 0) is 19.1 Å². The summed E-state index contributed by atoms with van der Waals surface area (Å²) in [4.78, 5) is 30.8. The number of ether oxygens (including phenoxy) is 1. The minimum absolute atomic E-state index is 0.449. The molecule has 1 rings (SSSR count). The standard InChI is InChI=1S/C7Cl2O4/c8-7(9)5(2-11)4(1-10)6(3-12)13-7. The molecular weight excluding hydrogens is 219 g/mol. The maximum atomic E-state index is 10.3. The van der Waals surface area contributed by atoms with Crippen molar-refractivity contribution >= 4 is 41.0 Å². The second-order valence-electron chi connectivity index (χ2n) is 2.00. The summed E-state index contributed by atoms with van der Waals surface area (Å²) in [6.45, 7) is 0. The number of hydrogen-bond acceptors (Lipinski definition) is 4. The zero-order valence-electron chi connectivity index (χ0n) is 5.89. The molecule has 0 saturated carbocycles. The molecule has 6 heteroatoms. The van der Waals surface area contributed by atoms with Gasteiger partial charge < -0.3 is 4.74 Å². The normalized spacial score (nSPS) is 18.8. The van der Waals surface area contributed by atoms with E-state index in [1.54, 1.807) is 0 Å². The first kappa shape index (κ1) is 9.82. The molecule has 1 fully saturated rings. The van der Waals surface area contributed by atoms with E-state index in [-0.39, 0.29) is 0 Å². The van der Waals surface area contributed by atoms with Gasteiger partial charge in [-0.25, -0.2) is 14.4 Å². The number of allylic oxidation sites excluding steroid dienone is 1. The minimum Gasteiger partial charge on any atom is -0.441 e. The third-order valence-corrected chi connectivity index (χ3v) is 1.83. The van der Waals surface area contributed by atoms with Crippen LogP contribution in [0.4, 0.5) is 0 Å². The highest BCUT2D eigenvalue weighted by Crippen LogP contribution is 2.44. The Balaban J connectivity index is 3.48. The zero-order chi connectivity index (χ0) is 10.1. The van der Waals surface area contributed by atoms with Crippen molar-refractivity contribution in [2.75, 3.05) is 0 Å². The molecular formula is C7Cl2O4. The lowest BCUT2D eigenvalue weighted by atomic mass is 10.1. The van der Waals surface area contributed by atoms with Gasteiger partial charge in [0, 0.05) is 0 Å². The summed E-state index contributed by atoms with van der Waals surface area (Å²) < 4.78 is 2.48. The van der Waals surface area contributed by atoms with Crippen molar-refractivity contribution in [2.45, 2.75) is 4.52 Å². The average Bonchev–Trinajstić information content (AvgIpc) is 2.35. The van der Waals surface area contributed by atoms with Crippen molar-refractivity contribution < 1.29 is 19.1 Å². The second-order valence-corrected chi connectivity index (χ2v) is 3.26. The van der Waals surface area contributed by atoms with Gasteiger partial charge in [0.15, 0.2) is 5.94 Å². The molecule has 0 aromatic rings. The van der Waals surface area contributed by atoms with E-state index in [1.807, 2.05) is 0 Å². The van der Waals surface area contributed by atoms with E-state index in [0.717, 1.165) is 0 Å². The van der Waals surface area contributed by atoms with Crippen LogP contribution in [0.25, 0.3) is 0 Å². The van der Waals surface area contributed by atoms with Crippen LogP contribution in [0.3, 0.4) is 0 Å². The topological polar surface area (TPSA) is 60.4 Å². The van der Waals surface area contributed by atoms with Gasteiger partial charge >= 0.3 is 0 Å². The molecule has 0 bridgehead atoms. The number of rotatable bonds is 0. The van der Waals surface area contributed by atoms with Gasteiger partial charge in [-0.3, -0.25) is 0 Å². The fourth-order valence-electron chi connectivity index (χ4n) is 0.769. The van der Waals surface area contributed by atoms with Gasteiger partial charge in [0.05, 0.1) is 0 Å². The second kappa shape index (κ2) is 3.23. The summed E-state index contributed by atoms with van der Waals surface area (Å²) in [5, 5.41) is 0. The molecule has 1 heterocycles. The Labute approximate surface area is 82.1 Å². The molecule has 0 aliphatic carbocycles. The van der Waals surface area contributed by atoms with Gasteiger partial charge in [-0.15, -0.1) is 0 Å². The molecule has 1 aliphatic rings. The fourth-order valence-corrected chi connectivity index (χ4v) is 1.19. The molecule has 0 unspecified atom stereocenters. The summed E-state index contributed by atoms with van der Waals surface area (Å²) in [6.07, 6.45) is 0. The van der Waals surface area contributed by atoms with Crippen LogP contribution in [0.15, 0.2) is 16.9 Å². The lowest BCUT2D eigenvalue weighted by Gasteiger charge is -2.08. The van der Waals surface area contributed by atoms with Crippen molar-refractivity contribution in [1.29, 1.82) is 0 Å². The highest BCUT2D eigenvalue weighted by Gasteiger charge is 2.46. The maximum Gasteiger partial charge on any atom is 0.297 e. The average molecular weight is 219 g/mol. The Morgan fingerprint density at radius 2 is 1.69 bits per heavy atom. The van der Waals surface area contributed by atoms with Crippen LogP contribution >= 0.6 is 23.2 Å². The number of alkyl halides is 2. The van der Waals surface area contributed by atoms with E-state index in [4.69, 9.17) is 23.2 Å². The first-order chi connectivity index (χ1) is 6.06. The molecule has 1 saturated heterocycles. The van der Waals surface area contributed by atoms with Gasteiger partial charge in [-0.1, -0.05) is 23.2 Å². The predicted octanol–water partition coefficient (Wildman–Crippen LogP) is 0.379. The van der Waals surface area contributed by atoms with Crippen molar-refractivity contribution in [3.05, 3.63) is 16.9 Å². The monoisotopic (exact) mass is 218 g/mol. The van der Waals surface area contributed by atoms with E-state index >= 15 is 0 Å². The van der Waals surface area contributed by atoms with Crippen LogP contribution in [0, 0.1) is 0 Å². The molecule has 13 heavy (non-hydrogen) atoms. The van der Waals surface area contributed by atoms with Crippen LogP contribution in [-0.4, -0.2) is 22.3 Å². The maximum absolute atomic E-state index is 10.3. The molecule has 66 valence electrons. The van der Waals surface area contributed by atoms with E-state index in [0.29, 0.717) is 0 Å². The van der Waals surface area contributed by atoms with Gasteiger partial charge in [0.25, 0.3) is 4.52 Å². The summed E-state index contributed by atoms with van der Waals surface area (Å²) in [7, 11) is 0. The van der Waals surface area contributed by atoms with E-state index in [9.17, 15) is 14.4 Å². The van der Waals surface area contributed by atoms with Crippen LogP contribution < -0.4 is 0 Å². The largest absolute Gasteiger partial charge is 0.441 e. The van der Waals surface area contributed by atoms with Crippen LogP contribution in [0.1, 0.15) is 0 Å². The molecule has 0 amide bonds. The van der Waals surface area contributed by atoms with Gasteiger partial charge in [-0.05, 0) is 0 Å². The van der Waals surface area contributed by atoms with Gasteiger partial charge in [0.2, 0.25) is 5.76 Å². The Morgan fingerprint density at radius 1 is 1.08 bits per heavy atom. The van der Waals surface area contributed by atoms with Crippen LogP contribution in [0.5, 0.6) is 0 Å². The van der Waals surface area contributed by atoms with Crippen molar-refractivity contribution in [1.82, 2.24) is 0 Å². The Bertz CT molecular complexity index is 404. The third-order valence-electron chi connectivity index (χ3n) is 1.30. The van der Waals surface area contributed by atoms with E-state index < -0.39 is 21.4 Å². The first-order valence-corrected chi connectivity index (χ1v) is 3.65. The Morgan fingerprint density at radius 3 is 2.08 bits per heavy atom. The zero-order valence-corrected chi connectivity index (χ0v) is 7.40. The van der Waals surface area contributed by atoms with E-state index in [1.165, 1.54) is 17.8 Å². The summed E-state index contributed by atoms with van der Waals surface area (Å²) in [6, 6.07) is 0. The van der Waals surface area contributed by atoms with Crippen LogP contribution in [0.2, 0.25) is 0 Å². The quantitative estimate of drug-likeness (QED) is 0.436. The van der Waals surface area contributed by atoms with E-state index in [2.05, 4.69) is 4.74 Å². The van der Waals surface area contributed by atoms with Gasteiger partial charge in [0.1, 0.15) is 23.0 Å². The van der Waals surface area contributed by atoms with Crippen molar-refractivity contribution in [2.24, 2.45) is 0 Å². The number of hydrogen-bond donors (Lipinski definition) is 0. The Kier molecular flexibility index (Phi) is 2.44. The summed E-state index contributed by atoms with van der Waals surface area (Å²) in [5.41, 5.74) is -0.917. The summed E-state index contributed by atoms with van der Waals surface area (Å²) >= 11 is 10.8. The predicted molar refractivity (Wildman–Crippen MR) is 43.1 cm³/mol. The summed E-state index contributed by atoms with van der Waals surface area (Å²) in [5.74, 6) is 3.31. The van der Waals surface area contributed by atoms with Crippen molar-refractivity contribution in [3.63, 3.8) is 0 Å². The fraction of sp³-hybridized carbons (Fsp3) is 0.143. The molecule has 4 nitrogen and oxygen atoms in total. The molecule has 0 radical (unpaired) electrons. The Hall–Kier alpha value is -1.27. The number of halogens is 2. The highest BCUT2D eigenvalue weighted by molar-refractivity contribution is 6.51. The molecule has 0 spiro atoms.